The number of hydrogen-bond donors (Lipinski definition) is 1. The van der Waals surface area contributed by atoms with Crippen LogP contribution in [0.5, 0.6) is 5.75 Å². The van der Waals surface area contributed by atoms with Gasteiger partial charge in [0.1, 0.15) is 5.75 Å². The summed E-state index contributed by atoms with van der Waals surface area (Å²) in [6.07, 6.45) is 0. The lowest BCUT2D eigenvalue weighted by Gasteiger charge is -2.36. The van der Waals surface area contributed by atoms with Crippen molar-refractivity contribution in [3.8, 4) is 5.75 Å². The summed E-state index contributed by atoms with van der Waals surface area (Å²) >= 11 is 0. The first-order chi connectivity index (χ1) is 8.20. The molecule has 1 fully saturated rings. The fourth-order valence-corrected chi connectivity index (χ4v) is 2.43. The smallest absolute Gasteiger partial charge is 0.119 e. The molecule has 0 bridgehead atoms. The maximum atomic E-state index is 5.28. The monoisotopic (exact) mass is 234 g/mol. The van der Waals surface area contributed by atoms with Crippen molar-refractivity contribution < 1.29 is 4.74 Å². The van der Waals surface area contributed by atoms with Crippen molar-refractivity contribution in [3.05, 3.63) is 29.8 Å². The third kappa shape index (κ3) is 2.99. The molecule has 1 N–H and O–H groups in total. The Hall–Kier alpha value is -1.06. The van der Waals surface area contributed by atoms with Gasteiger partial charge in [0, 0.05) is 31.7 Å². The molecule has 17 heavy (non-hydrogen) atoms. The Labute approximate surface area is 104 Å². The number of methoxy groups -OCH3 is 1. The van der Waals surface area contributed by atoms with Gasteiger partial charge >= 0.3 is 0 Å². The summed E-state index contributed by atoms with van der Waals surface area (Å²) in [5.74, 6) is 0.942. The van der Waals surface area contributed by atoms with Crippen LogP contribution < -0.4 is 10.1 Å². The average Bonchev–Trinajstić information content (AvgIpc) is 2.38. The van der Waals surface area contributed by atoms with Gasteiger partial charge in [0.2, 0.25) is 0 Å². The van der Waals surface area contributed by atoms with Gasteiger partial charge in [-0.25, -0.2) is 0 Å². The molecule has 0 aliphatic carbocycles. The van der Waals surface area contributed by atoms with E-state index in [-0.39, 0.29) is 0 Å². The molecule has 0 spiro atoms. The predicted octanol–water partition coefficient (Wildman–Crippen LogP) is 2.05. The Kier molecular flexibility index (Phi) is 4.02. The van der Waals surface area contributed by atoms with Crippen LogP contribution in [0.25, 0.3) is 0 Å². The van der Waals surface area contributed by atoms with Crippen LogP contribution in [0.3, 0.4) is 0 Å². The number of piperazine rings is 1. The zero-order chi connectivity index (χ0) is 12.3. The van der Waals surface area contributed by atoms with Gasteiger partial charge in [-0.3, -0.25) is 4.90 Å². The van der Waals surface area contributed by atoms with E-state index < -0.39 is 0 Å². The number of hydrogen-bond acceptors (Lipinski definition) is 3. The van der Waals surface area contributed by atoms with Crippen molar-refractivity contribution in [1.29, 1.82) is 0 Å². The van der Waals surface area contributed by atoms with Gasteiger partial charge < -0.3 is 10.1 Å². The van der Waals surface area contributed by atoms with Crippen LogP contribution in [-0.4, -0.2) is 37.7 Å². The largest absolute Gasteiger partial charge is 0.497 e. The molecule has 0 saturated carbocycles. The first kappa shape index (κ1) is 12.4. The molecule has 0 radical (unpaired) electrons. The molecule has 0 aromatic heterocycles. The summed E-state index contributed by atoms with van der Waals surface area (Å²) in [6.45, 7) is 7.81. The predicted molar refractivity (Wildman–Crippen MR) is 70.4 cm³/mol. The lowest BCUT2D eigenvalue weighted by molar-refractivity contribution is 0.158. The van der Waals surface area contributed by atoms with E-state index in [1.54, 1.807) is 7.11 Å². The molecule has 3 nitrogen and oxygen atoms in total. The van der Waals surface area contributed by atoms with Crippen LogP contribution in [0.1, 0.15) is 25.5 Å². The van der Waals surface area contributed by atoms with E-state index in [1.807, 2.05) is 6.07 Å². The van der Waals surface area contributed by atoms with Gasteiger partial charge in [-0.05, 0) is 31.5 Å². The molecule has 3 heteroatoms. The average molecular weight is 234 g/mol. The summed E-state index contributed by atoms with van der Waals surface area (Å²) in [6, 6.07) is 9.41. The van der Waals surface area contributed by atoms with E-state index in [2.05, 4.69) is 42.3 Å². The SMILES string of the molecule is COc1cccc(C(C)N2CCNC(C)C2)c1. The minimum Gasteiger partial charge on any atom is -0.497 e. The highest BCUT2D eigenvalue weighted by molar-refractivity contribution is 5.30. The first-order valence-electron chi connectivity index (χ1n) is 6.32. The third-order valence-corrected chi connectivity index (χ3v) is 3.52. The van der Waals surface area contributed by atoms with Crippen LogP contribution in [0, 0.1) is 0 Å². The van der Waals surface area contributed by atoms with E-state index in [0.717, 1.165) is 25.4 Å². The van der Waals surface area contributed by atoms with Crippen molar-refractivity contribution in [2.45, 2.75) is 25.9 Å². The summed E-state index contributed by atoms with van der Waals surface area (Å²) in [7, 11) is 1.72. The van der Waals surface area contributed by atoms with E-state index in [9.17, 15) is 0 Å². The molecule has 1 saturated heterocycles. The molecule has 2 unspecified atom stereocenters. The van der Waals surface area contributed by atoms with Crippen LogP contribution in [0.2, 0.25) is 0 Å². The topological polar surface area (TPSA) is 24.5 Å². The molecule has 94 valence electrons. The highest BCUT2D eigenvalue weighted by Gasteiger charge is 2.21. The van der Waals surface area contributed by atoms with E-state index in [4.69, 9.17) is 4.74 Å². The van der Waals surface area contributed by atoms with Crippen molar-refractivity contribution in [1.82, 2.24) is 10.2 Å². The third-order valence-electron chi connectivity index (χ3n) is 3.52. The number of nitrogens with one attached hydrogen (secondary N) is 1. The van der Waals surface area contributed by atoms with Gasteiger partial charge in [0.15, 0.2) is 0 Å². The number of nitrogens with zero attached hydrogens (tertiary/aromatic N) is 1. The van der Waals surface area contributed by atoms with Gasteiger partial charge in [-0.2, -0.15) is 0 Å². The Balaban J connectivity index is 2.09. The van der Waals surface area contributed by atoms with Gasteiger partial charge in [0.25, 0.3) is 0 Å². The molecule has 1 aliphatic rings. The molecule has 2 atom stereocenters. The maximum Gasteiger partial charge on any atom is 0.119 e. The minimum atomic E-state index is 0.453. The van der Waals surface area contributed by atoms with Crippen molar-refractivity contribution in [2.75, 3.05) is 26.7 Å². The molecular weight excluding hydrogens is 212 g/mol. The van der Waals surface area contributed by atoms with Crippen molar-refractivity contribution in [2.24, 2.45) is 0 Å². The zero-order valence-electron chi connectivity index (χ0n) is 10.9. The zero-order valence-corrected chi connectivity index (χ0v) is 10.9. The number of benzene rings is 1. The van der Waals surface area contributed by atoms with Gasteiger partial charge in [0.05, 0.1) is 7.11 Å². The Morgan fingerprint density at radius 2 is 2.29 bits per heavy atom. The first-order valence-corrected chi connectivity index (χ1v) is 6.32. The second kappa shape index (κ2) is 5.52. The lowest BCUT2D eigenvalue weighted by atomic mass is 10.0. The Bertz CT molecular complexity index is 367. The number of ether oxygens (including phenoxy) is 1. The summed E-state index contributed by atoms with van der Waals surface area (Å²) in [5.41, 5.74) is 1.33. The van der Waals surface area contributed by atoms with Crippen LogP contribution >= 0.6 is 0 Å². The molecule has 2 rings (SSSR count). The van der Waals surface area contributed by atoms with Crippen molar-refractivity contribution >= 4 is 0 Å². The fraction of sp³-hybridized carbons (Fsp3) is 0.571. The Morgan fingerprint density at radius 1 is 1.47 bits per heavy atom. The van der Waals surface area contributed by atoms with Crippen molar-refractivity contribution in [3.63, 3.8) is 0 Å². The normalized spacial score (nSPS) is 23.4. The van der Waals surface area contributed by atoms with Crippen LogP contribution in [0.15, 0.2) is 24.3 Å². The molecule has 1 aliphatic heterocycles. The molecule has 1 heterocycles. The lowest BCUT2D eigenvalue weighted by Crippen LogP contribution is -2.49. The molecule has 1 aromatic carbocycles. The fourth-order valence-electron chi connectivity index (χ4n) is 2.43. The van der Waals surface area contributed by atoms with Crippen LogP contribution in [-0.2, 0) is 0 Å². The second-order valence-corrected chi connectivity index (χ2v) is 4.80. The molecule has 1 aromatic rings. The summed E-state index contributed by atoms with van der Waals surface area (Å²) in [4.78, 5) is 2.52. The highest BCUT2D eigenvalue weighted by atomic mass is 16.5. The quantitative estimate of drug-likeness (QED) is 0.866. The summed E-state index contributed by atoms with van der Waals surface area (Å²) in [5, 5.41) is 3.47. The minimum absolute atomic E-state index is 0.453. The van der Waals surface area contributed by atoms with Gasteiger partial charge in [-0.15, -0.1) is 0 Å². The van der Waals surface area contributed by atoms with E-state index in [1.165, 1.54) is 5.56 Å². The van der Waals surface area contributed by atoms with E-state index >= 15 is 0 Å². The number of rotatable bonds is 3. The molecule has 0 amide bonds. The standard InChI is InChI=1S/C14H22N2O/c1-11-10-16(8-7-15-11)12(2)13-5-4-6-14(9-13)17-3/h4-6,9,11-12,15H,7-8,10H2,1-3H3. The maximum absolute atomic E-state index is 5.28. The highest BCUT2D eigenvalue weighted by Crippen LogP contribution is 2.24. The Morgan fingerprint density at radius 3 is 3.00 bits per heavy atom. The second-order valence-electron chi connectivity index (χ2n) is 4.80. The summed E-state index contributed by atoms with van der Waals surface area (Å²) < 4.78 is 5.28. The van der Waals surface area contributed by atoms with Gasteiger partial charge in [-0.1, -0.05) is 12.1 Å². The van der Waals surface area contributed by atoms with Crippen LogP contribution in [0.4, 0.5) is 0 Å². The van der Waals surface area contributed by atoms with E-state index in [0.29, 0.717) is 12.1 Å². The molecular formula is C14H22N2O.